The molecule has 2 aromatic carbocycles. The zero-order valence-corrected chi connectivity index (χ0v) is 19.0. The number of rotatable bonds is 5. The molecule has 8 heteroatoms. The van der Waals surface area contributed by atoms with Gasteiger partial charge in [-0.3, -0.25) is 4.79 Å². The molecule has 1 aliphatic carbocycles. The Kier molecular flexibility index (Phi) is 7.83. The lowest BCUT2D eigenvalue weighted by Gasteiger charge is -2.15. The van der Waals surface area contributed by atoms with Crippen LogP contribution in [-0.2, 0) is 6.54 Å². The maximum absolute atomic E-state index is 12.6. The summed E-state index contributed by atoms with van der Waals surface area (Å²) in [6, 6.07) is 20.6. The van der Waals surface area contributed by atoms with E-state index in [1.165, 1.54) is 43.7 Å². The lowest BCUT2D eigenvalue weighted by Crippen LogP contribution is -2.22. The van der Waals surface area contributed by atoms with Crippen LogP contribution in [0.4, 0.5) is 10.3 Å². The lowest BCUT2D eigenvalue weighted by atomic mass is 9.97. The number of benzene rings is 2. The van der Waals surface area contributed by atoms with Gasteiger partial charge in [0.1, 0.15) is 0 Å². The molecule has 0 aliphatic heterocycles. The normalized spacial score (nSPS) is 13.7. The van der Waals surface area contributed by atoms with E-state index in [4.69, 9.17) is 5.73 Å². The first kappa shape index (κ1) is 23.4. The Hall–Kier alpha value is -3.78. The van der Waals surface area contributed by atoms with E-state index in [1.54, 1.807) is 28.9 Å². The molecule has 1 amide bonds. The molecule has 1 aliphatic rings. The van der Waals surface area contributed by atoms with Crippen molar-refractivity contribution in [3.05, 3.63) is 84.1 Å². The molecule has 7 nitrogen and oxygen atoms in total. The third-order valence-electron chi connectivity index (χ3n) is 5.85. The van der Waals surface area contributed by atoms with Crippen LogP contribution in [0, 0.1) is 0 Å². The van der Waals surface area contributed by atoms with Crippen molar-refractivity contribution in [3.8, 4) is 11.3 Å². The third kappa shape index (κ3) is 5.96. The molecule has 1 fully saturated rings. The predicted molar refractivity (Wildman–Crippen MR) is 132 cm³/mol. The van der Waals surface area contributed by atoms with Gasteiger partial charge < -0.3 is 11.1 Å². The highest BCUT2D eigenvalue weighted by Gasteiger charge is 2.10. The van der Waals surface area contributed by atoms with E-state index in [2.05, 4.69) is 15.4 Å². The van der Waals surface area contributed by atoms with Crippen LogP contribution in [0.5, 0.6) is 0 Å². The Balaban J connectivity index is 0.000000336. The molecule has 0 radical (unpaired) electrons. The number of fused-ring (bicyclic) bond motifs is 1. The SMILES string of the molecule is NC1CCCCC1.O=C(NCc1ccccc1)c1ccc(-c2cnc3ccc(NF)nn23)cc1. The van der Waals surface area contributed by atoms with E-state index >= 15 is 0 Å². The first-order valence-electron chi connectivity index (χ1n) is 11.5. The second-order valence-corrected chi connectivity index (χ2v) is 8.37. The zero-order valence-electron chi connectivity index (χ0n) is 19.0. The number of nitrogens with one attached hydrogen (secondary N) is 2. The van der Waals surface area contributed by atoms with Crippen LogP contribution in [0.1, 0.15) is 48.0 Å². The summed E-state index contributed by atoms with van der Waals surface area (Å²) >= 11 is 0. The first-order valence-corrected chi connectivity index (χ1v) is 11.5. The molecule has 4 N–H and O–H groups in total. The average Bonchev–Trinajstić information content (AvgIpc) is 3.32. The van der Waals surface area contributed by atoms with Crippen LogP contribution in [0.15, 0.2) is 72.9 Å². The summed E-state index contributed by atoms with van der Waals surface area (Å²) in [4.78, 5) is 16.6. The van der Waals surface area contributed by atoms with Gasteiger partial charge in [-0.2, -0.15) is 0 Å². The van der Waals surface area contributed by atoms with Gasteiger partial charge in [0.05, 0.1) is 11.9 Å². The minimum absolute atomic E-state index is 0.0960. The molecule has 2 heterocycles. The van der Waals surface area contributed by atoms with Crippen molar-refractivity contribution >= 4 is 17.4 Å². The second kappa shape index (κ2) is 11.4. The summed E-state index contributed by atoms with van der Waals surface area (Å²) in [5.74, 6) is -0.0516. The smallest absolute Gasteiger partial charge is 0.251 e. The van der Waals surface area contributed by atoms with Gasteiger partial charge in [0.15, 0.2) is 11.5 Å². The van der Waals surface area contributed by atoms with E-state index in [0.29, 0.717) is 29.5 Å². The van der Waals surface area contributed by atoms with Gasteiger partial charge in [-0.1, -0.05) is 61.7 Å². The molecule has 4 aromatic rings. The standard InChI is InChI=1S/C20H16FN5O.C6H13N/c21-24-18-10-11-19-22-13-17(26(19)25-18)15-6-8-16(9-7-15)20(27)23-12-14-4-2-1-3-5-14;7-6-4-2-1-3-5-6/h1-11,13H,12H2,(H,23,27)(H,24,25);6H,1-5,7H2. The summed E-state index contributed by atoms with van der Waals surface area (Å²) in [6.07, 6.45) is 8.32. The quantitative estimate of drug-likeness (QED) is 0.368. The fourth-order valence-electron chi connectivity index (χ4n) is 3.93. The molecule has 176 valence electrons. The van der Waals surface area contributed by atoms with Gasteiger partial charge in [-0.05, 0) is 42.7 Å². The zero-order chi connectivity index (χ0) is 23.8. The number of carbonyl (C=O) groups excluding carboxylic acids is 1. The molecule has 0 atom stereocenters. The summed E-state index contributed by atoms with van der Waals surface area (Å²) in [5, 5.41) is 7.03. The van der Waals surface area contributed by atoms with Crippen molar-refractivity contribution < 1.29 is 9.28 Å². The number of amides is 1. The summed E-state index contributed by atoms with van der Waals surface area (Å²) in [5.41, 5.74) is 10.9. The lowest BCUT2D eigenvalue weighted by molar-refractivity contribution is 0.0951. The topological polar surface area (TPSA) is 97.3 Å². The number of carbonyl (C=O) groups is 1. The van der Waals surface area contributed by atoms with Crippen molar-refractivity contribution in [1.29, 1.82) is 0 Å². The Bertz CT molecular complexity index is 1200. The number of hydrogen-bond acceptors (Lipinski definition) is 5. The second-order valence-electron chi connectivity index (χ2n) is 8.37. The summed E-state index contributed by atoms with van der Waals surface area (Å²) in [7, 11) is 0. The highest BCUT2D eigenvalue weighted by Crippen LogP contribution is 2.21. The number of nitrogens with two attached hydrogens (primary N) is 1. The molecule has 34 heavy (non-hydrogen) atoms. The van der Waals surface area contributed by atoms with Gasteiger partial charge >= 0.3 is 0 Å². The van der Waals surface area contributed by atoms with Crippen molar-refractivity contribution in [1.82, 2.24) is 19.9 Å². The van der Waals surface area contributed by atoms with Gasteiger partial charge in [0.25, 0.3) is 5.91 Å². The van der Waals surface area contributed by atoms with Crippen LogP contribution in [0.2, 0.25) is 0 Å². The maximum Gasteiger partial charge on any atom is 0.251 e. The maximum atomic E-state index is 12.6. The minimum atomic E-state index is -0.148. The minimum Gasteiger partial charge on any atom is -0.348 e. The summed E-state index contributed by atoms with van der Waals surface area (Å²) < 4.78 is 14.2. The molecule has 0 unspecified atom stereocenters. The van der Waals surface area contributed by atoms with Gasteiger partial charge in [0.2, 0.25) is 0 Å². The van der Waals surface area contributed by atoms with Gasteiger partial charge in [0, 0.05) is 23.7 Å². The number of halogens is 1. The summed E-state index contributed by atoms with van der Waals surface area (Å²) in [6.45, 7) is 0.470. The largest absolute Gasteiger partial charge is 0.348 e. The molecule has 0 bridgehead atoms. The molecule has 0 saturated heterocycles. The fraction of sp³-hybridized carbons (Fsp3) is 0.269. The van der Waals surface area contributed by atoms with E-state index in [0.717, 1.165) is 11.1 Å². The molecule has 2 aromatic heterocycles. The average molecular weight is 461 g/mol. The number of imidazole rings is 1. The van der Waals surface area contributed by atoms with Gasteiger partial charge in [-0.15, -0.1) is 9.58 Å². The molecular formula is C26H29FN6O. The number of hydrogen-bond donors (Lipinski definition) is 3. The highest BCUT2D eigenvalue weighted by molar-refractivity contribution is 5.94. The Labute approximate surface area is 198 Å². The van der Waals surface area contributed by atoms with Crippen LogP contribution in [-0.4, -0.2) is 26.5 Å². The van der Waals surface area contributed by atoms with Crippen LogP contribution in [0.3, 0.4) is 0 Å². The number of nitrogens with zero attached hydrogens (tertiary/aromatic N) is 3. The molecule has 0 spiro atoms. The van der Waals surface area contributed by atoms with Crippen LogP contribution < -0.4 is 16.6 Å². The Morgan fingerprint density at radius 3 is 2.38 bits per heavy atom. The van der Waals surface area contributed by atoms with Crippen molar-refractivity contribution in [3.63, 3.8) is 0 Å². The predicted octanol–water partition coefficient (Wildman–Crippen LogP) is 4.90. The third-order valence-corrected chi connectivity index (χ3v) is 5.85. The molecule has 5 rings (SSSR count). The Morgan fingerprint density at radius 1 is 1.00 bits per heavy atom. The van der Waals surface area contributed by atoms with Gasteiger partial charge in [-0.25, -0.2) is 15.0 Å². The van der Waals surface area contributed by atoms with E-state index in [-0.39, 0.29) is 11.7 Å². The monoisotopic (exact) mass is 460 g/mol. The van der Waals surface area contributed by atoms with Crippen molar-refractivity contribution in [2.45, 2.75) is 44.7 Å². The van der Waals surface area contributed by atoms with Crippen molar-refractivity contribution in [2.24, 2.45) is 5.73 Å². The molecule has 1 saturated carbocycles. The highest BCUT2D eigenvalue weighted by atomic mass is 19.2. The van der Waals surface area contributed by atoms with E-state index < -0.39 is 0 Å². The molecular weight excluding hydrogens is 431 g/mol. The van der Waals surface area contributed by atoms with Crippen LogP contribution >= 0.6 is 0 Å². The van der Waals surface area contributed by atoms with E-state index in [1.807, 2.05) is 42.5 Å². The Morgan fingerprint density at radius 2 is 1.74 bits per heavy atom. The van der Waals surface area contributed by atoms with Crippen molar-refractivity contribution in [2.75, 3.05) is 5.54 Å². The fourth-order valence-corrected chi connectivity index (χ4v) is 3.93. The first-order chi connectivity index (χ1) is 16.6. The number of aromatic nitrogens is 3. The number of anilines is 1. The van der Waals surface area contributed by atoms with E-state index in [9.17, 15) is 9.28 Å². The van der Waals surface area contributed by atoms with Crippen LogP contribution in [0.25, 0.3) is 16.9 Å².